The lowest BCUT2D eigenvalue weighted by atomic mass is 10.3. The molecular weight excluding hydrogens is 184 g/mol. The van der Waals surface area contributed by atoms with Gasteiger partial charge < -0.3 is 4.74 Å². The van der Waals surface area contributed by atoms with E-state index in [0.29, 0.717) is 12.3 Å². The van der Waals surface area contributed by atoms with Gasteiger partial charge >= 0.3 is 5.97 Å². The van der Waals surface area contributed by atoms with E-state index in [2.05, 4.69) is 15.4 Å². The molecule has 0 atom stereocenters. The lowest BCUT2D eigenvalue weighted by Gasteiger charge is -2.04. The smallest absolute Gasteiger partial charge is 0.357 e. The molecule has 0 amide bonds. The average Bonchev–Trinajstić information content (AvgIpc) is 2.17. The third-order valence-corrected chi connectivity index (χ3v) is 1.47. The van der Waals surface area contributed by atoms with Crippen molar-refractivity contribution in [2.24, 2.45) is 5.84 Å². The van der Waals surface area contributed by atoms with Crippen molar-refractivity contribution in [3.8, 4) is 0 Å². The molecule has 0 aliphatic rings. The molecule has 1 rings (SSSR count). The first-order valence-electron chi connectivity index (χ1n) is 4.16. The van der Waals surface area contributed by atoms with Gasteiger partial charge in [0, 0.05) is 5.69 Å². The van der Waals surface area contributed by atoms with Crippen LogP contribution in [-0.2, 0) is 4.74 Å². The molecule has 0 saturated carbocycles. The Balaban J connectivity index is 2.96. The third kappa shape index (κ3) is 2.40. The van der Waals surface area contributed by atoms with E-state index in [9.17, 15) is 4.79 Å². The van der Waals surface area contributed by atoms with Crippen molar-refractivity contribution < 1.29 is 9.53 Å². The topological polar surface area (TPSA) is 90.1 Å². The highest BCUT2D eigenvalue weighted by atomic mass is 16.5. The number of hydrogen-bond acceptors (Lipinski definition) is 6. The molecule has 6 heteroatoms. The van der Waals surface area contributed by atoms with Crippen LogP contribution in [0.5, 0.6) is 0 Å². The SMILES string of the molecule is CCOC(=O)c1cc(C)nc(NN)n1. The molecule has 0 aliphatic heterocycles. The van der Waals surface area contributed by atoms with Crippen molar-refractivity contribution in [1.82, 2.24) is 9.97 Å². The molecule has 0 unspecified atom stereocenters. The predicted molar refractivity (Wildman–Crippen MR) is 50.5 cm³/mol. The largest absolute Gasteiger partial charge is 0.461 e. The number of nitrogens with one attached hydrogen (secondary N) is 1. The number of aryl methyl sites for hydroxylation is 1. The summed E-state index contributed by atoms with van der Waals surface area (Å²) in [6.07, 6.45) is 0. The fraction of sp³-hybridized carbons (Fsp3) is 0.375. The second-order valence-corrected chi connectivity index (χ2v) is 2.58. The molecule has 0 aromatic carbocycles. The Hall–Kier alpha value is -1.69. The van der Waals surface area contributed by atoms with E-state index in [1.807, 2.05) is 0 Å². The number of hydrazine groups is 1. The fourth-order valence-electron chi connectivity index (χ4n) is 0.943. The number of anilines is 1. The Labute approximate surface area is 81.5 Å². The van der Waals surface area contributed by atoms with E-state index in [1.165, 1.54) is 0 Å². The summed E-state index contributed by atoms with van der Waals surface area (Å²) >= 11 is 0. The average molecular weight is 196 g/mol. The van der Waals surface area contributed by atoms with Gasteiger partial charge in [-0.1, -0.05) is 0 Å². The van der Waals surface area contributed by atoms with Gasteiger partial charge in [-0.3, -0.25) is 5.43 Å². The number of carbonyl (C=O) groups is 1. The summed E-state index contributed by atoms with van der Waals surface area (Å²) in [7, 11) is 0. The van der Waals surface area contributed by atoms with Crippen LogP contribution in [0.2, 0.25) is 0 Å². The van der Waals surface area contributed by atoms with Gasteiger partial charge in [0.15, 0.2) is 5.69 Å². The third-order valence-electron chi connectivity index (χ3n) is 1.47. The summed E-state index contributed by atoms with van der Waals surface area (Å²) in [4.78, 5) is 19.1. The minimum Gasteiger partial charge on any atom is -0.461 e. The Morgan fingerprint density at radius 2 is 2.36 bits per heavy atom. The summed E-state index contributed by atoms with van der Waals surface area (Å²) in [6, 6.07) is 1.54. The minimum atomic E-state index is -0.477. The number of aromatic nitrogens is 2. The molecule has 3 N–H and O–H groups in total. The highest BCUT2D eigenvalue weighted by molar-refractivity contribution is 5.87. The molecule has 0 bridgehead atoms. The fourth-order valence-corrected chi connectivity index (χ4v) is 0.943. The van der Waals surface area contributed by atoms with Gasteiger partial charge in [-0.15, -0.1) is 0 Å². The second-order valence-electron chi connectivity index (χ2n) is 2.58. The van der Waals surface area contributed by atoms with E-state index >= 15 is 0 Å². The molecule has 1 aromatic rings. The molecular formula is C8H12N4O2. The lowest BCUT2D eigenvalue weighted by Crippen LogP contribution is -2.15. The summed E-state index contributed by atoms with van der Waals surface area (Å²) in [5.74, 6) is 4.86. The maximum atomic E-state index is 11.3. The maximum Gasteiger partial charge on any atom is 0.357 e. The van der Waals surface area contributed by atoms with Gasteiger partial charge in [0.2, 0.25) is 5.95 Å². The number of nitrogens with two attached hydrogens (primary N) is 1. The zero-order valence-corrected chi connectivity index (χ0v) is 8.07. The maximum absolute atomic E-state index is 11.3. The molecule has 6 nitrogen and oxygen atoms in total. The normalized spacial score (nSPS) is 9.64. The van der Waals surface area contributed by atoms with E-state index in [1.54, 1.807) is 19.9 Å². The Bertz CT molecular complexity index is 340. The quantitative estimate of drug-likeness (QED) is 0.409. The van der Waals surface area contributed by atoms with Crippen LogP contribution >= 0.6 is 0 Å². The van der Waals surface area contributed by atoms with E-state index in [4.69, 9.17) is 10.6 Å². The van der Waals surface area contributed by atoms with Gasteiger partial charge in [-0.25, -0.2) is 20.6 Å². The van der Waals surface area contributed by atoms with Crippen molar-refractivity contribution in [3.63, 3.8) is 0 Å². The first-order chi connectivity index (χ1) is 6.67. The van der Waals surface area contributed by atoms with Crippen molar-refractivity contribution in [1.29, 1.82) is 0 Å². The van der Waals surface area contributed by atoms with Gasteiger partial charge in [-0.05, 0) is 19.9 Å². The molecule has 14 heavy (non-hydrogen) atoms. The minimum absolute atomic E-state index is 0.201. The van der Waals surface area contributed by atoms with Crippen molar-refractivity contribution in [2.45, 2.75) is 13.8 Å². The number of nitrogens with zero attached hydrogens (tertiary/aromatic N) is 2. The zero-order chi connectivity index (χ0) is 10.6. The van der Waals surface area contributed by atoms with Crippen LogP contribution in [0.25, 0.3) is 0 Å². The first kappa shape index (κ1) is 10.4. The monoisotopic (exact) mass is 196 g/mol. The van der Waals surface area contributed by atoms with Crippen molar-refractivity contribution >= 4 is 11.9 Å². The number of carbonyl (C=O) groups excluding carboxylic acids is 1. The van der Waals surface area contributed by atoms with E-state index in [-0.39, 0.29) is 11.6 Å². The highest BCUT2D eigenvalue weighted by Crippen LogP contribution is 2.04. The van der Waals surface area contributed by atoms with Crippen LogP contribution in [0.4, 0.5) is 5.95 Å². The Morgan fingerprint density at radius 3 is 2.93 bits per heavy atom. The summed E-state index contributed by atoms with van der Waals surface area (Å²) < 4.78 is 4.78. The molecule has 0 aliphatic carbocycles. The molecule has 1 aromatic heterocycles. The van der Waals surface area contributed by atoms with Crippen LogP contribution in [0.15, 0.2) is 6.07 Å². The van der Waals surface area contributed by atoms with Crippen LogP contribution in [0.1, 0.15) is 23.1 Å². The predicted octanol–water partition coefficient (Wildman–Crippen LogP) is 0.247. The molecule has 0 fully saturated rings. The van der Waals surface area contributed by atoms with Gasteiger partial charge in [0.1, 0.15) is 0 Å². The highest BCUT2D eigenvalue weighted by Gasteiger charge is 2.10. The molecule has 76 valence electrons. The van der Waals surface area contributed by atoms with Crippen LogP contribution in [0.3, 0.4) is 0 Å². The lowest BCUT2D eigenvalue weighted by molar-refractivity contribution is 0.0519. The van der Waals surface area contributed by atoms with Crippen LogP contribution in [0, 0.1) is 6.92 Å². The van der Waals surface area contributed by atoms with Crippen LogP contribution in [-0.4, -0.2) is 22.5 Å². The van der Waals surface area contributed by atoms with Crippen molar-refractivity contribution in [2.75, 3.05) is 12.0 Å². The second kappa shape index (κ2) is 4.52. The van der Waals surface area contributed by atoms with E-state index < -0.39 is 5.97 Å². The van der Waals surface area contributed by atoms with Gasteiger partial charge in [-0.2, -0.15) is 0 Å². The summed E-state index contributed by atoms with van der Waals surface area (Å²) in [5.41, 5.74) is 3.13. The molecule has 0 radical (unpaired) electrons. The number of esters is 1. The Morgan fingerprint density at radius 1 is 1.64 bits per heavy atom. The molecule has 0 saturated heterocycles. The molecule has 0 spiro atoms. The zero-order valence-electron chi connectivity index (χ0n) is 8.07. The summed E-state index contributed by atoms with van der Waals surface area (Å²) in [5, 5.41) is 0. The number of hydrogen-bond donors (Lipinski definition) is 2. The number of ether oxygens (including phenoxy) is 1. The van der Waals surface area contributed by atoms with Crippen molar-refractivity contribution in [3.05, 3.63) is 17.5 Å². The number of nitrogen functional groups attached to an aromatic ring is 1. The molecule has 1 heterocycles. The standard InChI is InChI=1S/C8H12N4O2/c1-3-14-7(13)6-4-5(2)10-8(11-6)12-9/h4H,3,9H2,1-2H3,(H,10,11,12). The first-order valence-corrected chi connectivity index (χ1v) is 4.16. The Kier molecular flexibility index (Phi) is 3.35. The van der Waals surface area contributed by atoms with Gasteiger partial charge in [0.25, 0.3) is 0 Å². The van der Waals surface area contributed by atoms with Crippen LogP contribution < -0.4 is 11.3 Å². The van der Waals surface area contributed by atoms with Gasteiger partial charge in [0.05, 0.1) is 6.61 Å². The van der Waals surface area contributed by atoms with E-state index in [0.717, 1.165) is 0 Å². The number of rotatable bonds is 3. The summed E-state index contributed by atoms with van der Waals surface area (Å²) in [6.45, 7) is 3.78.